The molecule has 0 aliphatic rings. The summed E-state index contributed by atoms with van der Waals surface area (Å²) in [6.45, 7) is 5.19. The lowest BCUT2D eigenvalue weighted by Crippen LogP contribution is -2.41. The molecule has 146 valence electrons. The van der Waals surface area contributed by atoms with Gasteiger partial charge in [0.2, 0.25) is 11.8 Å². The zero-order chi connectivity index (χ0) is 19.8. The summed E-state index contributed by atoms with van der Waals surface area (Å²) in [5, 5.41) is 8.62. The van der Waals surface area contributed by atoms with Gasteiger partial charge >= 0.3 is 0 Å². The van der Waals surface area contributed by atoms with Gasteiger partial charge in [-0.1, -0.05) is 11.8 Å². The maximum absolute atomic E-state index is 12.4. The summed E-state index contributed by atoms with van der Waals surface area (Å²) >= 11 is 1.28. The second-order valence-corrected chi connectivity index (χ2v) is 6.73. The summed E-state index contributed by atoms with van der Waals surface area (Å²) in [5.41, 5.74) is 0.876. The molecule has 0 saturated heterocycles. The molecule has 0 atom stereocenters. The average molecular weight is 391 g/mol. The predicted octanol–water partition coefficient (Wildman–Crippen LogP) is 1.69. The van der Waals surface area contributed by atoms with E-state index in [1.807, 2.05) is 38.1 Å². The Kier molecular flexibility index (Phi) is 7.66. The molecule has 0 radical (unpaired) electrons. The van der Waals surface area contributed by atoms with Crippen LogP contribution in [-0.2, 0) is 9.59 Å². The first kappa shape index (κ1) is 20.8. The van der Waals surface area contributed by atoms with Crippen LogP contribution in [0.1, 0.15) is 13.8 Å². The van der Waals surface area contributed by atoms with Crippen LogP contribution in [-0.4, -0.2) is 75.9 Å². The Hall–Kier alpha value is -2.55. The molecular weight excluding hydrogens is 366 g/mol. The predicted molar refractivity (Wildman–Crippen MR) is 104 cm³/mol. The third-order valence-corrected chi connectivity index (χ3v) is 5.03. The largest absolute Gasteiger partial charge is 0.497 e. The molecule has 2 rings (SSSR count). The van der Waals surface area contributed by atoms with Crippen LogP contribution in [0.2, 0.25) is 0 Å². The van der Waals surface area contributed by atoms with Crippen molar-refractivity contribution in [2.24, 2.45) is 0 Å². The number of ether oxygens (including phenoxy) is 1. The first-order valence-electron chi connectivity index (χ1n) is 8.69. The van der Waals surface area contributed by atoms with Gasteiger partial charge in [-0.2, -0.15) is 0 Å². The molecule has 9 heteroatoms. The molecule has 0 saturated carbocycles. The van der Waals surface area contributed by atoms with Gasteiger partial charge in [0, 0.05) is 25.8 Å². The summed E-state index contributed by atoms with van der Waals surface area (Å²) in [6, 6.07) is 7.48. The van der Waals surface area contributed by atoms with E-state index in [1.165, 1.54) is 16.7 Å². The van der Waals surface area contributed by atoms with Crippen LogP contribution >= 0.6 is 11.8 Å². The minimum atomic E-state index is -0.134. The Balaban J connectivity index is 1.95. The van der Waals surface area contributed by atoms with E-state index in [2.05, 4.69) is 10.2 Å². The van der Waals surface area contributed by atoms with Gasteiger partial charge in [0.25, 0.3) is 0 Å². The summed E-state index contributed by atoms with van der Waals surface area (Å²) < 4.78 is 6.96. The van der Waals surface area contributed by atoms with E-state index in [-0.39, 0.29) is 24.1 Å². The molecule has 0 aliphatic carbocycles. The van der Waals surface area contributed by atoms with E-state index in [0.29, 0.717) is 18.2 Å². The van der Waals surface area contributed by atoms with Gasteiger partial charge < -0.3 is 14.5 Å². The summed E-state index contributed by atoms with van der Waals surface area (Å²) in [5.74, 6) is 0.749. The van der Waals surface area contributed by atoms with Gasteiger partial charge in [0.05, 0.1) is 19.4 Å². The number of thioether (sulfide) groups is 1. The fourth-order valence-electron chi connectivity index (χ4n) is 2.45. The van der Waals surface area contributed by atoms with Crippen molar-refractivity contribution in [3.63, 3.8) is 0 Å². The van der Waals surface area contributed by atoms with Crippen molar-refractivity contribution in [1.82, 2.24) is 24.6 Å². The van der Waals surface area contributed by atoms with E-state index in [0.717, 1.165) is 11.4 Å². The Morgan fingerprint density at radius 1 is 1.15 bits per heavy atom. The molecule has 2 amide bonds. The van der Waals surface area contributed by atoms with Crippen molar-refractivity contribution < 1.29 is 14.3 Å². The minimum absolute atomic E-state index is 0.0535. The van der Waals surface area contributed by atoms with E-state index in [1.54, 1.807) is 30.0 Å². The molecule has 1 aromatic heterocycles. The lowest BCUT2D eigenvalue weighted by atomic mass is 10.3. The molecule has 0 spiro atoms. The molecule has 2 aromatic rings. The van der Waals surface area contributed by atoms with E-state index >= 15 is 0 Å². The maximum atomic E-state index is 12.4. The molecular formula is C18H25N5O3S. The quantitative estimate of drug-likeness (QED) is 0.605. The van der Waals surface area contributed by atoms with Gasteiger partial charge in [-0.15, -0.1) is 10.2 Å². The van der Waals surface area contributed by atoms with Crippen molar-refractivity contribution >= 4 is 23.6 Å². The molecule has 0 aliphatic heterocycles. The Morgan fingerprint density at radius 2 is 1.81 bits per heavy atom. The van der Waals surface area contributed by atoms with Gasteiger partial charge in [-0.05, 0) is 38.1 Å². The lowest BCUT2D eigenvalue weighted by Gasteiger charge is -2.23. The number of nitrogens with zero attached hydrogens (tertiary/aromatic N) is 5. The molecule has 0 N–H and O–H groups in total. The lowest BCUT2D eigenvalue weighted by molar-refractivity contribution is -0.137. The Bertz CT molecular complexity index is 759. The number of aromatic nitrogens is 3. The number of methoxy groups -OCH3 is 1. The van der Waals surface area contributed by atoms with E-state index < -0.39 is 0 Å². The van der Waals surface area contributed by atoms with Gasteiger partial charge in [-0.3, -0.25) is 14.2 Å². The van der Waals surface area contributed by atoms with Gasteiger partial charge in [-0.25, -0.2) is 0 Å². The standard InChI is InChI=1S/C18H25N5O3S/c1-5-22(6-2)16(24)11-21(3)17(25)12-27-18-20-19-13-23(18)14-7-9-15(26-4)10-8-14/h7-10,13H,5-6,11-12H2,1-4H3. The first-order valence-corrected chi connectivity index (χ1v) is 9.67. The van der Waals surface area contributed by atoms with Crippen LogP contribution in [0.3, 0.4) is 0 Å². The number of carbonyl (C=O) groups is 2. The van der Waals surface area contributed by atoms with Gasteiger partial charge in [0.15, 0.2) is 5.16 Å². The molecule has 1 aromatic carbocycles. The second kappa shape index (κ2) is 9.96. The first-order chi connectivity index (χ1) is 13.0. The number of amides is 2. The van der Waals surface area contributed by atoms with Crippen LogP contribution in [0.25, 0.3) is 5.69 Å². The normalized spacial score (nSPS) is 10.5. The minimum Gasteiger partial charge on any atom is -0.497 e. The van der Waals surface area contributed by atoms with Crippen LogP contribution in [0, 0.1) is 0 Å². The molecule has 0 bridgehead atoms. The van der Waals surface area contributed by atoms with Crippen molar-refractivity contribution in [3.8, 4) is 11.4 Å². The number of hydrogen-bond donors (Lipinski definition) is 0. The van der Waals surface area contributed by atoms with Crippen LogP contribution in [0.15, 0.2) is 35.7 Å². The summed E-state index contributed by atoms with van der Waals surface area (Å²) in [7, 11) is 3.25. The monoisotopic (exact) mass is 391 g/mol. The highest BCUT2D eigenvalue weighted by Gasteiger charge is 2.18. The molecule has 0 unspecified atom stereocenters. The number of hydrogen-bond acceptors (Lipinski definition) is 6. The maximum Gasteiger partial charge on any atom is 0.242 e. The zero-order valence-corrected chi connectivity index (χ0v) is 16.9. The number of benzene rings is 1. The highest BCUT2D eigenvalue weighted by molar-refractivity contribution is 7.99. The van der Waals surface area contributed by atoms with E-state index in [4.69, 9.17) is 4.74 Å². The molecule has 1 heterocycles. The van der Waals surface area contributed by atoms with Crippen LogP contribution in [0.4, 0.5) is 0 Å². The summed E-state index contributed by atoms with van der Waals surface area (Å²) in [6.07, 6.45) is 1.60. The highest BCUT2D eigenvalue weighted by Crippen LogP contribution is 2.21. The van der Waals surface area contributed by atoms with Crippen molar-refractivity contribution in [1.29, 1.82) is 0 Å². The molecule has 27 heavy (non-hydrogen) atoms. The Labute approximate surface area is 163 Å². The van der Waals surface area contributed by atoms with Crippen molar-refractivity contribution in [2.75, 3.05) is 39.5 Å². The fraction of sp³-hybridized carbons (Fsp3) is 0.444. The number of carbonyl (C=O) groups excluding carboxylic acids is 2. The summed E-state index contributed by atoms with van der Waals surface area (Å²) in [4.78, 5) is 27.6. The SMILES string of the molecule is CCN(CC)C(=O)CN(C)C(=O)CSc1nncn1-c1ccc(OC)cc1. The third kappa shape index (κ3) is 5.46. The number of likely N-dealkylation sites (N-methyl/N-ethyl adjacent to an activating group) is 2. The smallest absolute Gasteiger partial charge is 0.242 e. The Morgan fingerprint density at radius 3 is 2.41 bits per heavy atom. The fourth-order valence-corrected chi connectivity index (χ4v) is 3.32. The van der Waals surface area contributed by atoms with Crippen molar-refractivity contribution in [3.05, 3.63) is 30.6 Å². The van der Waals surface area contributed by atoms with Gasteiger partial charge in [0.1, 0.15) is 12.1 Å². The third-order valence-electron chi connectivity index (χ3n) is 4.11. The van der Waals surface area contributed by atoms with Crippen molar-refractivity contribution in [2.45, 2.75) is 19.0 Å². The van der Waals surface area contributed by atoms with Crippen LogP contribution in [0.5, 0.6) is 5.75 Å². The highest BCUT2D eigenvalue weighted by atomic mass is 32.2. The zero-order valence-electron chi connectivity index (χ0n) is 16.1. The molecule has 0 fully saturated rings. The number of rotatable bonds is 9. The van der Waals surface area contributed by atoms with Crippen LogP contribution < -0.4 is 4.74 Å². The molecule has 8 nitrogen and oxygen atoms in total. The second-order valence-electron chi connectivity index (χ2n) is 5.79. The average Bonchev–Trinajstić information content (AvgIpc) is 3.15. The topological polar surface area (TPSA) is 80.6 Å². The van der Waals surface area contributed by atoms with E-state index in [9.17, 15) is 9.59 Å².